The molecule has 0 radical (unpaired) electrons. The Hall–Kier alpha value is -0.830. The summed E-state index contributed by atoms with van der Waals surface area (Å²) in [4.78, 5) is 6.49. The lowest BCUT2D eigenvalue weighted by Crippen LogP contribution is -2.44. The first-order valence-corrected chi connectivity index (χ1v) is 6.93. The van der Waals surface area contributed by atoms with Crippen LogP contribution in [0, 0.1) is 0 Å². The van der Waals surface area contributed by atoms with Crippen LogP contribution in [0.15, 0.2) is 9.52 Å². The summed E-state index contributed by atoms with van der Waals surface area (Å²) < 4.78 is 10.7. The lowest BCUT2D eigenvalue weighted by molar-refractivity contribution is 0.0674. The Morgan fingerprint density at radius 1 is 1.25 bits per heavy atom. The van der Waals surface area contributed by atoms with Gasteiger partial charge in [-0.1, -0.05) is 5.16 Å². The second-order valence-electron chi connectivity index (χ2n) is 5.01. The average Bonchev–Trinajstić information content (AvgIpc) is 2.89. The van der Waals surface area contributed by atoms with Crippen molar-refractivity contribution in [2.24, 2.45) is 10.7 Å². The van der Waals surface area contributed by atoms with Crippen LogP contribution >= 0.6 is 24.0 Å². The molecule has 1 saturated heterocycles. The van der Waals surface area contributed by atoms with Gasteiger partial charge in [-0.05, 0) is 19.3 Å². The zero-order chi connectivity index (χ0) is 13.1. The van der Waals surface area contributed by atoms with E-state index in [1.807, 2.05) is 0 Å². The number of aryl methyl sites for hydroxylation is 1. The Morgan fingerprint density at radius 2 is 2.00 bits per heavy atom. The largest absolute Gasteiger partial charge is 0.378 e. The summed E-state index contributed by atoms with van der Waals surface area (Å²) in [5.74, 6) is 1.62. The van der Waals surface area contributed by atoms with E-state index < -0.39 is 0 Å². The van der Waals surface area contributed by atoms with E-state index in [4.69, 9.17) is 15.0 Å². The quantitative estimate of drug-likeness (QED) is 0.467. The average molecular weight is 392 g/mol. The molecule has 0 spiro atoms. The lowest BCUT2D eigenvalue weighted by Gasteiger charge is -2.27. The van der Waals surface area contributed by atoms with Gasteiger partial charge in [0.15, 0.2) is 5.96 Å². The number of hydrogen-bond acceptors (Lipinski definition) is 4. The summed E-state index contributed by atoms with van der Waals surface area (Å²) in [5.41, 5.74) is 8.21. The number of aromatic nitrogens is 1. The van der Waals surface area contributed by atoms with Crippen molar-refractivity contribution in [2.45, 2.75) is 32.2 Å². The van der Waals surface area contributed by atoms with Crippen molar-refractivity contribution in [3.8, 4) is 0 Å². The molecule has 1 aromatic rings. The normalized spacial score (nSPS) is 19.4. The van der Waals surface area contributed by atoms with E-state index in [9.17, 15) is 0 Å². The number of guanidine groups is 1. The van der Waals surface area contributed by atoms with Crippen molar-refractivity contribution in [1.82, 2.24) is 10.1 Å². The molecule has 0 amide bonds. The second-order valence-corrected chi connectivity index (χ2v) is 5.01. The van der Waals surface area contributed by atoms with Crippen LogP contribution in [0.2, 0.25) is 0 Å². The van der Waals surface area contributed by atoms with Crippen LogP contribution in [0.3, 0.4) is 0 Å². The summed E-state index contributed by atoms with van der Waals surface area (Å²) in [6, 6.07) is 0. The molecule has 0 atom stereocenters. The number of aliphatic imine (C=N–C) groups is 1. The van der Waals surface area contributed by atoms with E-state index in [-0.39, 0.29) is 24.0 Å². The molecule has 2 heterocycles. The van der Waals surface area contributed by atoms with Crippen molar-refractivity contribution in [1.29, 1.82) is 0 Å². The molecule has 0 aromatic carbocycles. The molecule has 0 saturated carbocycles. The van der Waals surface area contributed by atoms with Crippen molar-refractivity contribution < 1.29 is 9.26 Å². The maximum atomic E-state index is 6.00. The van der Waals surface area contributed by atoms with E-state index >= 15 is 0 Å². The van der Waals surface area contributed by atoms with E-state index in [0.717, 1.165) is 50.6 Å². The zero-order valence-electron chi connectivity index (χ0n) is 11.5. The van der Waals surface area contributed by atoms with Gasteiger partial charge >= 0.3 is 0 Å². The number of hydrogen-bond donors (Lipinski definition) is 1. The second kappa shape index (κ2) is 7.26. The maximum absolute atomic E-state index is 6.00. The van der Waals surface area contributed by atoms with Crippen LogP contribution in [-0.4, -0.2) is 42.3 Å². The maximum Gasteiger partial charge on any atom is 0.191 e. The molecular weight excluding hydrogens is 371 g/mol. The first-order valence-electron chi connectivity index (χ1n) is 6.93. The molecule has 2 aliphatic rings. The summed E-state index contributed by atoms with van der Waals surface area (Å²) in [7, 11) is 0. The SMILES string of the molecule is I.NC(=NCc1noc2c1CCCC2)N1CCOCC1. The fourth-order valence-electron chi connectivity index (χ4n) is 2.62. The van der Waals surface area contributed by atoms with Crippen LogP contribution in [0.1, 0.15) is 29.9 Å². The number of rotatable bonds is 2. The highest BCUT2D eigenvalue weighted by Gasteiger charge is 2.19. The molecule has 0 bridgehead atoms. The molecule has 20 heavy (non-hydrogen) atoms. The van der Waals surface area contributed by atoms with Gasteiger partial charge in [-0.2, -0.15) is 0 Å². The number of nitrogens with zero attached hydrogens (tertiary/aromatic N) is 3. The third kappa shape index (κ3) is 3.43. The van der Waals surface area contributed by atoms with Gasteiger partial charge in [0, 0.05) is 25.1 Å². The van der Waals surface area contributed by atoms with E-state index in [2.05, 4.69) is 15.0 Å². The number of fused-ring (bicyclic) bond motifs is 1. The first kappa shape index (κ1) is 15.6. The number of ether oxygens (including phenoxy) is 1. The van der Waals surface area contributed by atoms with Gasteiger partial charge in [0.25, 0.3) is 0 Å². The molecule has 6 nitrogen and oxygen atoms in total. The minimum absolute atomic E-state index is 0. The summed E-state index contributed by atoms with van der Waals surface area (Å²) in [5, 5.41) is 4.13. The molecule has 1 aliphatic carbocycles. The van der Waals surface area contributed by atoms with Crippen molar-refractivity contribution in [3.63, 3.8) is 0 Å². The molecule has 2 N–H and O–H groups in total. The Bertz CT molecular complexity index is 469. The summed E-state index contributed by atoms with van der Waals surface area (Å²) in [6.45, 7) is 3.58. The van der Waals surface area contributed by atoms with E-state index in [0.29, 0.717) is 12.5 Å². The fraction of sp³-hybridized carbons (Fsp3) is 0.692. The summed E-state index contributed by atoms with van der Waals surface area (Å²) >= 11 is 0. The lowest BCUT2D eigenvalue weighted by atomic mass is 9.96. The minimum Gasteiger partial charge on any atom is -0.378 e. The predicted molar refractivity (Wildman–Crippen MR) is 86.3 cm³/mol. The highest BCUT2D eigenvalue weighted by Crippen LogP contribution is 2.24. The number of morpholine rings is 1. The van der Waals surface area contributed by atoms with Crippen LogP contribution in [0.4, 0.5) is 0 Å². The van der Waals surface area contributed by atoms with Gasteiger partial charge in [-0.3, -0.25) is 0 Å². The molecule has 3 rings (SSSR count). The standard InChI is InChI=1S/C13H20N4O2.HI/c14-13(17-5-7-18-8-6-17)15-9-11-10-3-1-2-4-12(10)19-16-11;/h1-9H2,(H2,14,15);1H. The molecule has 1 aromatic heterocycles. The summed E-state index contributed by atoms with van der Waals surface area (Å²) in [6.07, 6.45) is 4.47. The zero-order valence-corrected chi connectivity index (χ0v) is 13.8. The molecule has 0 unspecified atom stereocenters. The van der Waals surface area contributed by atoms with Crippen molar-refractivity contribution in [2.75, 3.05) is 26.3 Å². The van der Waals surface area contributed by atoms with Gasteiger partial charge in [-0.25, -0.2) is 4.99 Å². The molecule has 1 aliphatic heterocycles. The van der Waals surface area contributed by atoms with Gasteiger partial charge < -0.3 is 19.9 Å². The fourth-order valence-corrected chi connectivity index (χ4v) is 2.62. The smallest absolute Gasteiger partial charge is 0.191 e. The minimum atomic E-state index is 0. The van der Waals surface area contributed by atoms with Gasteiger partial charge in [0.2, 0.25) is 0 Å². The highest BCUT2D eigenvalue weighted by atomic mass is 127. The van der Waals surface area contributed by atoms with Crippen molar-refractivity contribution in [3.05, 3.63) is 17.0 Å². The molecule has 1 fully saturated rings. The molecule has 7 heteroatoms. The Labute approximate surface area is 135 Å². The molecule has 112 valence electrons. The van der Waals surface area contributed by atoms with Crippen LogP contribution in [-0.2, 0) is 24.1 Å². The van der Waals surface area contributed by atoms with Crippen LogP contribution in [0.25, 0.3) is 0 Å². The molecular formula is C13H21IN4O2. The van der Waals surface area contributed by atoms with E-state index in [1.54, 1.807) is 0 Å². The monoisotopic (exact) mass is 392 g/mol. The van der Waals surface area contributed by atoms with Gasteiger partial charge in [-0.15, -0.1) is 24.0 Å². The van der Waals surface area contributed by atoms with Crippen molar-refractivity contribution >= 4 is 29.9 Å². The van der Waals surface area contributed by atoms with Crippen LogP contribution < -0.4 is 5.73 Å². The van der Waals surface area contributed by atoms with Crippen LogP contribution in [0.5, 0.6) is 0 Å². The highest BCUT2D eigenvalue weighted by molar-refractivity contribution is 14.0. The topological polar surface area (TPSA) is 76.9 Å². The Kier molecular flexibility index (Phi) is 5.64. The first-order chi connectivity index (χ1) is 9.34. The van der Waals surface area contributed by atoms with Gasteiger partial charge in [0.05, 0.1) is 19.8 Å². The predicted octanol–water partition coefficient (Wildman–Crippen LogP) is 1.32. The number of halogens is 1. The third-order valence-corrected chi connectivity index (χ3v) is 3.76. The Morgan fingerprint density at radius 3 is 2.80 bits per heavy atom. The third-order valence-electron chi connectivity index (χ3n) is 3.76. The van der Waals surface area contributed by atoms with Gasteiger partial charge in [0.1, 0.15) is 11.5 Å². The Balaban J connectivity index is 0.00000147. The number of nitrogens with two attached hydrogens (primary N) is 1. The van der Waals surface area contributed by atoms with E-state index in [1.165, 1.54) is 18.4 Å².